The van der Waals surface area contributed by atoms with Gasteiger partial charge in [0.15, 0.2) is 19.0 Å². The fraction of sp³-hybridized carbons (Fsp3) is 0.167. The van der Waals surface area contributed by atoms with E-state index in [-0.39, 0.29) is 23.6 Å². The number of Topliss-reactive ketones (excluding diaryl/α,β-unsaturated/α-hetero) is 1. The Morgan fingerprint density at radius 3 is 2.76 bits per heavy atom. The average Bonchev–Trinajstić information content (AvgIpc) is 2.83. The van der Waals surface area contributed by atoms with Gasteiger partial charge in [-0.25, -0.2) is 9.78 Å². The van der Waals surface area contributed by atoms with E-state index in [0.717, 1.165) is 5.75 Å². The minimum Gasteiger partial charge on any atom is -0.494 e. The molecule has 2 aromatic carbocycles. The first kappa shape index (κ1) is 21.8. The van der Waals surface area contributed by atoms with Crippen LogP contribution in [0.2, 0.25) is 0 Å². The van der Waals surface area contributed by atoms with Crippen LogP contribution in [0.3, 0.4) is 0 Å². The van der Waals surface area contributed by atoms with E-state index in [4.69, 9.17) is 14.2 Å². The average molecular weight is 447 g/mol. The predicted molar refractivity (Wildman–Crippen MR) is 120 cm³/mol. The number of rotatable bonds is 8. The molecule has 0 fully saturated rings. The lowest BCUT2D eigenvalue weighted by Crippen LogP contribution is -2.25. The summed E-state index contributed by atoms with van der Waals surface area (Å²) in [5.74, 6) is 0.0878. The van der Waals surface area contributed by atoms with Crippen LogP contribution in [0.15, 0.2) is 60.8 Å². The van der Waals surface area contributed by atoms with Crippen molar-refractivity contribution >= 4 is 34.9 Å². The Morgan fingerprint density at radius 2 is 1.97 bits per heavy atom. The van der Waals surface area contributed by atoms with Crippen LogP contribution in [0.1, 0.15) is 27.6 Å². The standard InChI is InChI=1S/C24H21N3O6/c1-2-31-17-8-6-16(7-9-17)26-23-18(4-3-11-25-23)24(30)33-13-20(28)15-5-10-21-19(12-15)27-22(29)14-32-21/h3-12H,2,13-14H2,1H3,(H,25,26)(H,27,29). The molecule has 33 heavy (non-hydrogen) atoms. The zero-order valence-corrected chi connectivity index (χ0v) is 17.8. The number of aromatic nitrogens is 1. The van der Waals surface area contributed by atoms with Crippen LogP contribution in [-0.2, 0) is 9.53 Å². The highest BCUT2D eigenvalue weighted by Crippen LogP contribution is 2.28. The topological polar surface area (TPSA) is 116 Å². The lowest BCUT2D eigenvalue weighted by molar-refractivity contribution is -0.118. The van der Waals surface area contributed by atoms with Crippen LogP contribution in [0, 0.1) is 0 Å². The highest BCUT2D eigenvalue weighted by Gasteiger charge is 2.20. The highest BCUT2D eigenvalue weighted by atomic mass is 16.5. The first-order valence-electron chi connectivity index (χ1n) is 10.3. The molecule has 0 atom stereocenters. The van der Waals surface area contributed by atoms with E-state index in [2.05, 4.69) is 15.6 Å². The molecule has 3 aromatic rings. The number of benzene rings is 2. The van der Waals surface area contributed by atoms with Gasteiger partial charge in [0.05, 0.1) is 12.3 Å². The van der Waals surface area contributed by atoms with Crippen molar-refractivity contribution in [2.75, 3.05) is 30.5 Å². The monoisotopic (exact) mass is 447 g/mol. The lowest BCUT2D eigenvalue weighted by Gasteiger charge is -2.18. The van der Waals surface area contributed by atoms with Crippen LogP contribution < -0.4 is 20.1 Å². The van der Waals surface area contributed by atoms with Gasteiger partial charge in [0.1, 0.15) is 22.9 Å². The Labute approximate surface area is 189 Å². The van der Waals surface area contributed by atoms with Gasteiger partial charge in [-0.3, -0.25) is 9.59 Å². The molecular weight excluding hydrogens is 426 g/mol. The molecule has 1 aliphatic heterocycles. The minimum atomic E-state index is -0.695. The first-order valence-corrected chi connectivity index (χ1v) is 10.3. The molecule has 0 spiro atoms. The Balaban J connectivity index is 1.41. The molecule has 0 radical (unpaired) electrons. The molecule has 2 N–H and O–H groups in total. The number of fused-ring (bicyclic) bond motifs is 1. The summed E-state index contributed by atoms with van der Waals surface area (Å²) in [5.41, 5.74) is 1.58. The number of pyridine rings is 1. The molecule has 1 aliphatic rings. The quantitative estimate of drug-likeness (QED) is 0.398. The summed E-state index contributed by atoms with van der Waals surface area (Å²) < 4.78 is 15.9. The van der Waals surface area contributed by atoms with Gasteiger partial charge in [-0.15, -0.1) is 0 Å². The largest absolute Gasteiger partial charge is 0.494 e. The van der Waals surface area contributed by atoms with E-state index < -0.39 is 18.4 Å². The van der Waals surface area contributed by atoms with Crippen molar-refractivity contribution in [1.29, 1.82) is 0 Å². The summed E-state index contributed by atoms with van der Waals surface area (Å²) >= 11 is 0. The Bertz CT molecular complexity index is 1190. The van der Waals surface area contributed by atoms with Gasteiger partial charge < -0.3 is 24.8 Å². The molecule has 1 aromatic heterocycles. The van der Waals surface area contributed by atoms with Gasteiger partial charge >= 0.3 is 5.97 Å². The minimum absolute atomic E-state index is 0.0734. The molecule has 2 heterocycles. The van der Waals surface area contributed by atoms with Crippen LogP contribution in [0.25, 0.3) is 0 Å². The molecule has 0 bridgehead atoms. The van der Waals surface area contributed by atoms with Crippen molar-refractivity contribution in [2.24, 2.45) is 0 Å². The number of carbonyl (C=O) groups excluding carboxylic acids is 3. The van der Waals surface area contributed by atoms with Gasteiger partial charge in [0.2, 0.25) is 0 Å². The van der Waals surface area contributed by atoms with E-state index in [1.165, 1.54) is 6.07 Å². The normalized spacial score (nSPS) is 12.1. The van der Waals surface area contributed by atoms with Gasteiger partial charge in [0.25, 0.3) is 5.91 Å². The number of hydrogen-bond acceptors (Lipinski definition) is 8. The fourth-order valence-electron chi connectivity index (χ4n) is 3.16. The lowest BCUT2D eigenvalue weighted by atomic mass is 10.1. The second-order valence-electron chi connectivity index (χ2n) is 7.03. The van der Waals surface area contributed by atoms with Gasteiger partial charge in [-0.05, 0) is 61.5 Å². The fourth-order valence-corrected chi connectivity index (χ4v) is 3.16. The first-order chi connectivity index (χ1) is 16.0. The molecule has 4 rings (SSSR count). The Hall–Kier alpha value is -4.40. The van der Waals surface area contributed by atoms with E-state index in [1.807, 2.05) is 6.92 Å². The van der Waals surface area contributed by atoms with Crippen molar-refractivity contribution in [2.45, 2.75) is 6.92 Å². The Morgan fingerprint density at radius 1 is 1.15 bits per heavy atom. The van der Waals surface area contributed by atoms with Crippen LogP contribution >= 0.6 is 0 Å². The molecule has 0 saturated carbocycles. The number of carbonyl (C=O) groups is 3. The van der Waals surface area contributed by atoms with Crippen molar-refractivity contribution in [3.63, 3.8) is 0 Å². The number of nitrogens with zero attached hydrogens (tertiary/aromatic N) is 1. The van der Waals surface area contributed by atoms with Crippen molar-refractivity contribution in [3.05, 3.63) is 71.9 Å². The molecule has 9 heteroatoms. The van der Waals surface area contributed by atoms with E-state index in [0.29, 0.717) is 29.5 Å². The van der Waals surface area contributed by atoms with Crippen molar-refractivity contribution < 1.29 is 28.6 Å². The summed E-state index contributed by atoms with van der Waals surface area (Å²) in [4.78, 5) is 40.9. The zero-order chi connectivity index (χ0) is 23.2. The zero-order valence-electron chi connectivity index (χ0n) is 17.8. The molecule has 0 unspecified atom stereocenters. The summed E-state index contributed by atoms with van der Waals surface area (Å²) in [6.45, 7) is 1.93. The molecule has 9 nitrogen and oxygen atoms in total. The number of ketones is 1. The highest BCUT2D eigenvalue weighted by molar-refractivity contribution is 6.03. The van der Waals surface area contributed by atoms with Crippen LogP contribution in [0.5, 0.6) is 11.5 Å². The number of hydrogen-bond donors (Lipinski definition) is 2. The second kappa shape index (κ2) is 9.82. The predicted octanol–water partition coefficient (Wildman–Crippen LogP) is 3.59. The summed E-state index contributed by atoms with van der Waals surface area (Å²) in [6.07, 6.45) is 1.54. The smallest absolute Gasteiger partial charge is 0.342 e. The molecule has 1 amide bonds. The summed E-state index contributed by atoms with van der Waals surface area (Å²) in [7, 11) is 0. The summed E-state index contributed by atoms with van der Waals surface area (Å²) in [5, 5.41) is 5.71. The maximum atomic E-state index is 12.7. The molecule has 0 aliphatic carbocycles. The van der Waals surface area contributed by atoms with E-state index in [1.54, 1.807) is 54.7 Å². The van der Waals surface area contributed by atoms with Gasteiger partial charge in [-0.1, -0.05) is 0 Å². The number of ether oxygens (including phenoxy) is 3. The molecular formula is C24H21N3O6. The summed E-state index contributed by atoms with van der Waals surface area (Å²) in [6, 6.07) is 15.0. The SMILES string of the molecule is CCOc1ccc(Nc2ncccc2C(=O)OCC(=O)c2ccc3c(c2)NC(=O)CO3)cc1. The van der Waals surface area contributed by atoms with Gasteiger partial charge in [0, 0.05) is 17.4 Å². The number of esters is 1. The maximum absolute atomic E-state index is 12.7. The third kappa shape index (κ3) is 5.27. The second-order valence-corrected chi connectivity index (χ2v) is 7.03. The Kier molecular flexibility index (Phi) is 6.49. The number of anilines is 3. The number of amides is 1. The van der Waals surface area contributed by atoms with Crippen LogP contribution in [0.4, 0.5) is 17.2 Å². The van der Waals surface area contributed by atoms with Crippen molar-refractivity contribution in [3.8, 4) is 11.5 Å². The van der Waals surface area contributed by atoms with E-state index >= 15 is 0 Å². The maximum Gasteiger partial charge on any atom is 0.342 e. The number of nitrogens with one attached hydrogen (secondary N) is 2. The van der Waals surface area contributed by atoms with Crippen LogP contribution in [-0.4, -0.2) is 42.5 Å². The van der Waals surface area contributed by atoms with Gasteiger partial charge in [-0.2, -0.15) is 0 Å². The third-order valence-corrected chi connectivity index (χ3v) is 4.72. The molecule has 0 saturated heterocycles. The van der Waals surface area contributed by atoms with Crippen molar-refractivity contribution in [1.82, 2.24) is 4.98 Å². The third-order valence-electron chi connectivity index (χ3n) is 4.72. The van der Waals surface area contributed by atoms with E-state index in [9.17, 15) is 14.4 Å². The molecule has 168 valence electrons.